The summed E-state index contributed by atoms with van der Waals surface area (Å²) in [5.41, 5.74) is 9.77. The Balaban J connectivity index is 1.44. The summed E-state index contributed by atoms with van der Waals surface area (Å²) in [6.07, 6.45) is 5.67. The molecule has 1 heterocycles. The lowest BCUT2D eigenvalue weighted by Crippen LogP contribution is -2.23. The minimum atomic E-state index is -0.0820. The fraction of sp³-hybridized carbons (Fsp3) is 0.139. The molecule has 0 bridgehead atoms. The van der Waals surface area contributed by atoms with Crippen LogP contribution in [0.15, 0.2) is 121 Å². The zero-order valence-corrected chi connectivity index (χ0v) is 23.1. The molecule has 1 aromatic heterocycles. The smallest absolute Gasteiger partial charge is 0.195 e. The summed E-state index contributed by atoms with van der Waals surface area (Å²) in [6, 6.07) is 38.6. The van der Waals surface area contributed by atoms with Gasteiger partial charge in [-0.1, -0.05) is 86.7 Å². The van der Waals surface area contributed by atoms with Crippen LogP contribution < -0.4 is 4.90 Å². The zero-order valence-electron chi connectivity index (χ0n) is 22.3. The lowest BCUT2D eigenvalue weighted by atomic mass is 9.73. The fourth-order valence-electron chi connectivity index (χ4n) is 6.03. The molecular formula is C36H31NOS. The van der Waals surface area contributed by atoms with Crippen LogP contribution in [-0.4, -0.2) is 5.78 Å². The summed E-state index contributed by atoms with van der Waals surface area (Å²) in [4.78, 5) is 15.7. The normalized spacial score (nSPS) is 13.3. The summed E-state index contributed by atoms with van der Waals surface area (Å²) in [5.74, 6) is 0.0533. The Morgan fingerprint density at radius 3 is 1.92 bits per heavy atom. The Hall–Kier alpha value is -4.21. The van der Waals surface area contributed by atoms with E-state index in [-0.39, 0.29) is 11.2 Å². The second-order valence-corrected chi connectivity index (χ2v) is 11.0. The number of carbonyl (C=O) groups excluding carboxylic acids is 1. The number of fused-ring (bicyclic) bond motifs is 3. The van der Waals surface area contributed by atoms with Crippen LogP contribution in [0.2, 0.25) is 0 Å². The summed E-state index contributed by atoms with van der Waals surface area (Å²) in [6.45, 7) is 4.59. The number of hydrogen-bond acceptors (Lipinski definition) is 3. The molecule has 4 aromatic carbocycles. The van der Waals surface area contributed by atoms with Gasteiger partial charge in [-0.15, -0.1) is 11.3 Å². The van der Waals surface area contributed by atoms with Crippen LogP contribution in [0.1, 0.15) is 53.1 Å². The molecule has 0 amide bonds. The molecule has 0 spiro atoms. The number of nitrogens with zero attached hydrogens (tertiary/aromatic N) is 1. The molecule has 39 heavy (non-hydrogen) atoms. The van der Waals surface area contributed by atoms with Crippen molar-refractivity contribution in [1.29, 1.82) is 0 Å². The van der Waals surface area contributed by atoms with E-state index in [1.54, 1.807) is 6.08 Å². The van der Waals surface area contributed by atoms with Crippen LogP contribution in [0.4, 0.5) is 17.1 Å². The molecule has 0 atom stereocenters. The van der Waals surface area contributed by atoms with E-state index >= 15 is 0 Å². The van der Waals surface area contributed by atoms with Gasteiger partial charge in [0.25, 0.3) is 0 Å². The minimum absolute atomic E-state index is 0.0533. The van der Waals surface area contributed by atoms with E-state index in [1.807, 2.05) is 23.6 Å². The van der Waals surface area contributed by atoms with Crippen molar-refractivity contribution in [2.45, 2.75) is 32.1 Å². The van der Waals surface area contributed by atoms with E-state index in [9.17, 15) is 4.79 Å². The van der Waals surface area contributed by atoms with Crippen LogP contribution in [-0.2, 0) is 5.41 Å². The first-order valence-corrected chi connectivity index (χ1v) is 14.5. The van der Waals surface area contributed by atoms with Gasteiger partial charge >= 0.3 is 0 Å². The number of ketones is 1. The first kappa shape index (κ1) is 25.1. The number of allylic oxidation sites excluding steroid dienone is 1. The van der Waals surface area contributed by atoms with Gasteiger partial charge in [-0.05, 0) is 94.6 Å². The van der Waals surface area contributed by atoms with Crippen LogP contribution >= 0.6 is 11.3 Å². The monoisotopic (exact) mass is 525 g/mol. The SMILES string of the molecule is CCC1(CC)c2cc(/C=C/C(=O)c3cccs3)ccc2-c2ccc(N(c3ccccc3)c3ccccc3)cc21. The lowest BCUT2D eigenvalue weighted by molar-refractivity contribution is 0.105. The maximum Gasteiger partial charge on any atom is 0.195 e. The third-order valence-corrected chi connectivity index (χ3v) is 8.94. The molecule has 0 radical (unpaired) electrons. The van der Waals surface area contributed by atoms with Gasteiger partial charge in [0.05, 0.1) is 4.88 Å². The second kappa shape index (κ2) is 10.5. The molecule has 2 nitrogen and oxygen atoms in total. The molecule has 0 unspecified atom stereocenters. The quantitative estimate of drug-likeness (QED) is 0.148. The van der Waals surface area contributed by atoms with Gasteiger partial charge in [0.2, 0.25) is 0 Å². The fourth-order valence-corrected chi connectivity index (χ4v) is 6.67. The van der Waals surface area contributed by atoms with Crippen LogP contribution in [0, 0.1) is 0 Å². The Morgan fingerprint density at radius 1 is 0.718 bits per heavy atom. The maximum absolute atomic E-state index is 12.6. The molecule has 1 aliphatic carbocycles. The van der Waals surface area contributed by atoms with Gasteiger partial charge in [0.15, 0.2) is 5.78 Å². The van der Waals surface area contributed by atoms with E-state index in [4.69, 9.17) is 0 Å². The Labute approximate surface area is 234 Å². The third-order valence-electron chi connectivity index (χ3n) is 8.05. The summed E-state index contributed by atoms with van der Waals surface area (Å²) < 4.78 is 0. The van der Waals surface area contributed by atoms with Gasteiger partial charge < -0.3 is 4.90 Å². The van der Waals surface area contributed by atoms with E-state index in [1.165, 1.54) is 33.6 Å². The maximum atomic E-state index is 12.6. The highest BCUT2D eigenvalue weighted by Crippen LogP contribution is 2.54. The van der Waals surface area contributed by atoms with Crippen molar-refractivity contribution in [1.82, 2.24) is 0 Å². The highest BCUT2D eigenvalue weighted by Gasteiger charge is 2.41. The molecule has 0 saturated heterocycles. The van der Waals surface area contributed by atoms with E-state index in [2.05, 4.69) is 116 Å². The van der Waals surface area contributed by atoms with Gasteiger partial charge in [0.1, 0.15) is 0 Å². The van der Waals surface area contributed by atoms with Crippen molar-refractivity contribution in [2.75, 3.05) is 4.90 Å². The van der Waals surface area contributed by atoms with E-state index in [0.717, 1.165) is 40.3 Å². The molecule has 3 heteroatoms. The largest absolute Gasteiger partial charge is 0.310 e. The Bertz CT molecular complexity index is 1590. The second-order valence-electron chi connectivity index (χ2n) is 10.0. The highest BCUT2D eigenvalue weighted by molar-refractivity contribution is 7.12. The van der Waals surface area contributed by atoms with Gasteiger partial charge in [0, 0.05) is 22.5 Å². The van der Waals surface area contributed by atoms with Crippen LogP contribution in [0.3, 0.4) is 0 Å². The predicted molar refractivity (Wildman–Crippen MR) is 166 cm³/mol. The first-order chi connectivity index (χ1) is 19.1. The first-order valence-electron chi connectivity index (χ1n) is 13.6. The number of rotatable bonds is 8. The van der Waals surface area contributed by atoms with E-state index in [0.29, 0.717) is 0 Å². The van der Waals surface area contributed by atoms with Crippen molar-refractivity contribution in [2.24, 2.45) is 0 Å². The van der Waals surface area contributed by atoms with Crippen molar-refractivity contribution in [3.05, 3.63) is 142 Å². The van der Waals surface area contributed by atoms with Crippen molar-refractivity contribution in [3.63, 3.8) is 0 Å². The number of thiophene rings is 1. The lowest BCUT2D eigenvalue weighted by Gasteiger charge is -2.32. The molecule has 0 fully saturated rings. The molecule has 6 rings (SSSR count). The summed E-state index contributed by atoms with van der Waals surface area (Å²) in [5, 5.41) is 1.94. The Kier molecular flexibility index (Phi) is 6.76. The molecule has 0 aliphatic heterocycles. The topological polar surface area (TPSA) is 20.3 Å². The molecule has 0 N–H and O–H groups in total. The van der Waals surface area contributed by atoms with Gasteiger partial charge in [-0.25, -0.2) is 0 Å². The van der Waals surface area contributed by atoms with Crippen molar-refractivity contribution < 1.29 is 4.79 Å². The average molecular weight is 526 g/mol. The summed E-state index contributed by atoms with van der Waals surface area (Å²) in [7, 11) is 0. The minimum Gasteiger partial charge on any atom is -0.310 e. The zero-order chi connectivity index (χ0) is 26.8. The molecule has 1 aliphatic rings. The molecule has 192 valence electrons. The summed E-state index contributed by atoms with van der Waals surface area (Å²) >= 11 is 1.48. The number of para-hydroxylation sites is 2. The highest BCUT2D eigenvalue weighted by atomic mass is 32.1. The van der Waals surface area contributed by atoms with Crippen LogP contribution in [0.25, 0.3) is 17.2 Å². The molecule has 0 saturated carbocycles. The average Bonchev–Trinajstić information content (AvgIpc) is 3.62. The van der Waals surface area contributed by atoms with Crippen LogP contribution in [0.5, 0.6) is 0 Å². The number of carbonyl (C=O) groups is 1. The number of hydrogen-bond donors (Lipinski definition) is 0. The predicted octanol–water partition coefficient (Wildman–Crippen LogP) is 10.2. The van der Waals surface area contributed by atoms with Gasteiger partial charge in [-0.2, -0.15) is 0 Å². The van der Waals surface area contributed by atoms with Crippen molar-refractivity contribution in [3.8, 4) is 11.1 Å². The van der Waals surface area contributed by atoms with E-state index < -0.39 is 0 Å². The Morgan fingerprint density at radius 2 is 1.33 bits per heavy atom. The third kappa shape index (κ3) is 4.43. The number of benzene rings is 4. The molecular weight excluding hydrogens is 494 g/mol. The number of anilines is 3. The molecule has 5 aromatic rings. The van der Waals surface area contributed by atoms with Gasteiger partial charge in [-0.3, -0.25) is 4.79 Å². The van der Waals surface area contributed by atoms with Crippen molar-refractivity contribution >= 4 is 40.3 Å². The standard InChI is InChI=1S/C36H31NOS/c1-3-36(4-2)32-24-26(18-22-34(38)35-16-11-23-39-35)17-20-30(32)31-21-19-29(25-33(31)36)37(27-12-7-5-8-13-27)28-14-9-6-10-15-28/h5-25H,3-4H2,1-2H3/b22-18+.